The van der Waals surface area contributed by atoms with Crippen molar-refractivity contribution in [1.29, 1.82) is 0 Å². The number of halogens is 2. The van der Waals surface area contributed by atoms with Crippen molar-refractivity contribution in [2.24, 2.45) is 0 Å². The first-order chi connectivity index (χ1) is 14.5. The van der Waals surface area contributed by atoms with Crippen LogP contribution in [0.4, 0.5) is 13.9 Å². The molecule has 158 valence electrons. The summed E-state index contributed by atoms with van der Waals surface area (Å²) in [5, 5.41) is 16.5. The summed E-state index contributed by atoms with van der Waals surface area (Å²) in [5.41, 5.74) is 0.886. The third-order valence-electron chi connectivity index (χ3n) is 4.50. The SMILES string of the molecule is C[C@H](Sc1nnnn1C[C@@H]1CCCO1)C(=O)Nc1nc(-c2ccc(F)c(F)c2)cs1. The van der Waals surface area contributed by atoms with Gasteiger partial charge < -0.3 is 10.1 Å². The Kier molecular flexibility index (Phi) is 6.35. The number of nitrogens with zero attached hydrogens (tertiary/aromatic N) is 5. The molecule has 30 heavy (non-hydrogen) atoms. The molecule has 2 aromatic heterocycles. The molecule has 1 N–H and O–H groups in total. The minimum atomic E-state index is -0.947. The second-order valence-electron chi connectivity index (χ2n) is 6.69. The highest BCUT2D eigenvalue weighted by molar-refractivity contribution is 8.00. The van der Waals surface area contributed by atoms with Crippen molar-refractivity contribution in [2.45, 2.75) is 42.8 Å². The third kappa shape index (κ3) is 4.82. The number of carbonyl (C=O) groups is 1. The maximum atomic E-state index is 13.4. The van der Waals surface area contributed by atoms with Crippen molar-refractivity contribution in [2.75, 3.05) is 11.9 Å². The molecule has 3 aromatic rings. The van der Waals surface area contributed by atoms with Crippen LogP contribution in [-0.4, -0.2) is 49.1 Å². The first-order valence-electron chi connectivity index (χ1n) is 9.26. The van der Waals surface area contributed by atoms with Crippen LogP contribution in [0.3, 0.4) is 0 Å². The van der Waals surface area contributed by atoms with Crippen LogP contribution in [0, 0.1) is 11.6 Å². The number of rotatable bonds is 7. The molecular weight excluding hydrogens is 434 g/mol. The summed E-state index contributed by atoms with van der Waals surface area (Å²) < 4.78 is 33.8. The van der Waals surface area contributed by atoms with Gasteiger partial charge in [-0.05, 0) is 48.4 Å². The van der Waals surface area contributed by atoms with E-state index >= 15 is 0 Å². The predicted molar refractivity (Wildman–Crippen MR) is 108 cm³/mol. The number of benzene rings is 1. The number of aromatic nitrogens is 5. The van der Waals surface area contributed by atoms with E-state index in [0.717, 1.165) is 31.6 Å². The fraction of sp³-hybridized carbons (Fsp3) is 0.389. The van der Waals surface area contributed by atoms with Gasteiger partial charge in [-0.1, -0.05) is 11.8 Å². The van der Waals surface area contributed by atoms with E-state index < -0.39 is 16.9 Å². The smallest absolute Gasteiger partial charge is 0.239 e. The molecule has 0 aliphatic carbocycles. The van der Waals surface area contributed by atoms with Crippen LogP contribution in [0.5, 0.6) is 0 Å². The van der Waals surface area contributed by atoms with Gasteiger partial charge in [0.15, 0.2) is 16.8 Å². The van der Waals surface area contributed by atoms with Gasteiger partial charge >= 0.3 is 0 Å². The molecule has 1 saturated heterocycles. The first-order valence-corrected chi connectivity index (χ1v) is 11.0. The topological polar surface area (TPSA) is 94.8 Å². The van der Waals surface area contributed by atoms with Gasteiger partial charge in [-0.15, -0.1) is 16.4 Å². The van der Waals surface area contributed by atoms with Gasteiger partial charge in [-0.25, -0.2) is 18.4 Å². The van der Waals surface area contributed by atoms with Crippen molar-refractivity contribution in [1.82, 2.24) is 25.2 Å². The number of hydrogen-bond acceptors (Lipinski definition) is 8. The van der Waals surface area contributed by atoms with Crippen molar-refractivity contribution < 1.29 is 18.3 Å². The first kappa shape index (κ1) is 20.8. The van der Waals surface area contributed by atoms with Crippen LogP contribution >= 0.6 is 23.1 Å². The van der Waals surface area contributed by atoms with Crippen LogP contribution in [0.25, 0.3) is 11.3 Å². The zero-order valence-corrected chi connectivity index (χ0v) is 17.6. The van der Waals surface area contributed by atoms with Crippen LogP contribution in [0.15, 0.2) is 28.7 Å². The van der Waals surface area contributed by atoms with Crippen LogP contribution in [0.1, 0.15) is 19.8 Å². The minimum absolute atomic E-state index is 0.0852. The van der Waals surface area contributed by atoms with Crippen LogP contribution in [-0.2, 0) is 16.1 Å². The number of thiazole rings is 1. The Morgan fingerprint density at radius 2 is 2.30 bits per heavy atom. The number of ether oxygens (including phenoxy) is 1. The number of anilines is 1. The monoisotopic (exact) mass is 452 g/mol. The molecule has 0 unspecified atom stereocenters. The van der Waals surface area contributed by atoms with E-state index in [0.29, 0.717) is 28.1 Å². The Morgan fingerprint density at radius 1 is 1.43 bits per heavy atom. The fourth-order valence-electron chi connectivity index (χ4n) is 2.91. The van der Waals surface area contributed by atoms with Crippen molar-refractivity contribution in [3.63, 3.8) is 0 Å². The average molecular weight is 453 g/mol. The number of thioether (sulfide) groups is 1. The third-order valence-corrected chi connectivity index (χ3v) is 6.33. The summed E-state index contributed by atoms with van der Waals surface area (Å²) >= 11 is 2.44. The Bertz CT molecular complexity index is 1040. The van der Waals surface area contributed by atoms with Crippen molar-refractivity contribution in [3.8, 4) is 11.3 Å². The molecule has 0 saturated carbocycles. The summed E-state index contributed by atoms with van der Waals surface area (Å²) in [4.78, 5) is 16.8. The highest BCUT2D eigenvalue weighted by Gasteiger charge is 2.23. The predicted octanol–water partition coefficient (Wildman–Crippen LogP) is 3.37. The van der Waals surface area contributed by atoms with Crippen molar-refractivity contribution >= 4 is 34.1 Å². The van der Waals surface area contributed by atoms with Gasteiger partial charge in [0.1, 0.15) is 0 Å². The Hall–Kier alpha value is -2.44. The standard InChI is InChI=1S/C18H18F2N6O2S2/c1-10(30-18-23-24-25-26(18)8-12-3-2-6-28-12)16(27)22-17-21-15(9-29-17)11-4-5-13(19)14(20)7-11/h4-5,7,9-10,12H,2-3,6,8H2,1H3,(H,21,22,27)/t10-,12-/m0/s1. The molecule has 1 aromatic carbocycles. The molecule has 1 aliphatic rings. The molecule has 0 radical (unpaired) electrons. The number of carbonyl (C=O) groups excluding carboxylic acids is 1. The summed E-state index contributed by atoms with van der Waals surface area (Å²) in [6.45, 7) is 3.04. The zero-order valence-electron chi connectivity index (χ0n) is 15.9. The molecule has 8 nitrogen and oxygen atoms in total. The second kappa shape index (κ2) is 9.14. The number of amides is 1. The lowest BCUT2D eigenvalue weighted by Crippen LogP contribution is -2.23. The molecule has 0 spiro atoms. The molecular formula is C18H18F2N6O2S2. The van der Waals surface area contributed by atoms with Gasteiger partial charge in [0.05, 0.1) is 23.6 Å². The number of tetrazole rings is 1. The summed E-state index contributed by atoms with van der Waals surface area (Å²) in [6.07, 6.45) is 2.07. The van der Waals surface area contributed by atoms with E-state index in [2.05, 4.69) is 25.8 Å². The van der Waals surface area contributed by atoms with E-state index in [1.165, 1.54) is 29.2 Å². The zero-order chi connectivity index (χ0) is 21.1. The lowest BCUT2D eigenvalue weighted by Gasteiger charge is -2.12. The minimum Gasteiger partial charge on any atom is -0.376 e. The molecule has 2 atom stereocenters. The van der Waals surface area contributed by atoms with Gasteiger partial charge in [0, 0.05) is 17.6 Å². The molecule has 3 heterocycles. The average Bonchev–Trinajstić information content (AvgIpc) is 3.48. The Labute approximate surface area is 179 Å². The van der Waals surface area contributed by atoms with E-state index in [1.54, 1.807) is 17.0 Å². The van der Waals surface area contributed by atoms with Gasteiger partial charge in [0.2, 0.25) is 11.1 Å². The number of nitrogens with one attached hydrogen (secondary N) is 1. The molecule has 1 fully saturated rings. The van der Waals surface area contributed by atoms with Gasteiger partial charge in [-0.3, -0.25) is 4.79 Å². The largest absolute Gasteiger partial charge is 0.376 e. The molecule has 4 rings (SSSR count). The fourth-order valence-corrected chi connectivity index (χ4v) is 4.44. The Morgan fingerprint density at radius 3 is 3.07 bits per heavy atom. The van der Waals surface area contributed by atoms with E-state index in [-0.39, 0.29) is 12.0 Å². The molecule has 1 amide bonds. The van der Waals surface area contributed by atoms with Crippen LogP contribution < -0.4 is 5.32 Å². The lowest BCUT2D eigenvalue weighted by molar-refractivity contribution is -0.115. The maximum absolute atomic E-state index is 13.4. The molecule has 0 bridgehead atoms. The highest BCUT2D eigenvalue weighted by Crippen LogP contribution is 2.28. The van der Waals surface area contributed by atoms with E-state index in [4.69, 9.17) is 4.74 Å². The highest BCUT2D eigenvalue weighted by atomic mass is 32.2. The van der Waals surface area contributed by atoms with E-state index in [1.807, 2.05) is 0 Å². The normalized spacial score (nSPS) is 17.2. The van der Waals surface area contributed by atoms with Gasteiger partial charge in [0.25, 0.3) is 0 Å². The summed E-state index contributed by atoms with van der Waals surface area (Å²) in [7, 11) is 0. The Balaban J connectivity index is 1.37. The van der Waals surface area contributed by atoms with Crippen LogP contribution in [0.2, 0.25) is 0 Å². The van der Waals surface area contributed by atoms with Gasteiger partial charge in [-0.2, -0.15) is 0 Å². The second-order valence-corrected chi connectivity index (χ2v) is 8.86. The quantitative estimate of drug-likeness (QED) is 0.549. The van der Waals surface area contributed by atoms with Crippen molar-refractivity contribution in [3.05, 3.63) is 35.2 Å². The van der Waals surface area contributed by atoms with E-state index in [9.17, 15) is 13.6 Å². The number of hydrogen-bond donors (Lipinski definition) is 1. The summed E-state index contributed by atoms with van der Waals surface area (Å²) in [6, 6.07) is 3.55. The maximum Gasteiger partial charge on any atom is 0.239 e. The lowest BCUT2D eigenvalue weighted by atomic mass is 10.2. The molecule has 12 heteroatoms. The summed E-state index contributed by atoms with van der Waals surface area (Å²) in [5.74, 6) is -2.13. The molecule has 1 aliphatic heterocycles.